The van der Waals surface area contributed by atoms with Crippen molar-refractivity contribution < 1.29 is 0 Å². The van der Waals surface area contributed by atoms with Crippen molar-refractivity contribution in [1.29, 1.82) is 0 Å². The third-order valence-electron chi connectivity index (χ3n) is 4.85. The zero-order chi connectivity index (χ0) is 18.3. The van der Waals surface area contributed by atoms with Gasteiger partial charge in [0.25, 0.3) is 5.56 Å². The van der Waals surface area contributed by atoms with E-state index in [4.69, 9.17) is 4.98 Å². The zero-order valence-corrected chi connectivity index (χ0v) is 16.1. The standard InChI is InChI=1S/C18H22N6OS/c1-11-12(2)19-18(24-7-4-5-8-24)22-16(11)23(3)10-14-20-13-6-9-26-15(13)17(25)21-14/h6,9H,4-5,7-8,10H2,1-3H3,(H,20,21,25). The molecule has 0 aliphatic carbocycles. The number of aromatic nitrogens is 4. The van der Waals surface area contributed by atoms with E-state index in [9.17, 15) is 4.79 Å². The third kappa shape index (κ3) is 3.05. The van der Waals surface area contributed by atoms with E-state index in [2.05, 4.69) is 19.9 Å². The van der Waals surface area contributed by atoms with Crippen LogP contribution < -0.4 is 15.4 Å². The van der Waals surface area contributed by atoms with Crippen LogP contribution in [0.15, 0.2) is 16.2 Å². The normalized spacial score (nSPS) is 14.3. The lowest BCUT2D eigenvalue weighted by Crippen LogP contribution is -2.26. The molecule has 0 saturated carbocycles. The largest absolute Gasteiger partial charge is 0.352 e. The summed E-state index contributed by atoms with van der Waals surface area (Å²) in [7, 11) is 1.97. The third-order valence-corrected chi connectivity index (χ3v) is 5.76. The van der Waals surface area contributed by atoms with Crippen LogP contribution in [0.4, 0.5) is 11.8 Å². The summed E-state index contributed by atoms with van der Waals surface area (Å²) in [6.45, 7) is 6.56. The van der Waals surface area contributed by atoms with Gasteiger partial charge in [-0.3, -0.25) is 4.79 Å². The highest BCUT2D eigenvalue weighted by atomic mass is 32.1. The number of rotatable bonds is 4. The second-order valence-electron chi connectivity index (χ2n) is 6.76. The Morgan fingerprint density at radius 2 is 2.00 bits per heavy atom. The van der Waals surface area contributed by atoms with Gasteiger partial charge in [-0.15, -0.1) is 11.3 Å². The van der Waals surface area contributed by atoms with Gasteiger partial charge in [-0.05, 0) is 38.1 Å². The second kappa shape index (κ2) is 6.68. The molecule has 0 aromatic carbocycles. The first kappa shape index (κ1) is 17.0. The van der Waals surface area contributed by atoms with E-state index in [-0.39, 0.29) is 5.56 Å². The summed E-state index contributed by atoms with van der Waals surface area (Å²) in [5, 5.41) is 1.89. The van der Waals surface area contributed by atoms with Crippen molar-refractivity contribution in [3.05, 3.63) is 38.9 Å². The summed E-state index contributed by atoms with van der Waals surface area (Å²) in [6, 6.07) is 1.88. The summed E-state index contributed by atoms with van der Waals surface area (Å²) < 4.78 is 0.668. The number of nitrogens with one attached hydrogen (secondary N) is 1. The lowest BCUT2D eigenvalue weighted by molar-refractivity contribution is 0.805. The van der Waals surface area contributed by atoms with Crippen LogP contribution in [0.5, 0.6) is 0 Å². The molecule has 0 amide bonds. The van der Waals surface area contributed by atoms with Gasteiger partial charge in [-0.25, -0.2) is 9.97 Å². The number of hydrogen-bond donors (Lipinski definition) is 1. The van der Waals surface area contributed by atoms with Gasteiger partial charge in [0.1, 0.15) is 16.3 Å². The first-order valence-electron chi connectivity index (χ1n) is 8.80. The fourth-order valence-corrected chi connectivity index (χ4v) is 4.05. The van der Waals surface area contributed by atoms with Crippen LogP contribution in [0.1, 0.15) is 29.9 Å². The number of fused-ring (bicyclic) bond motifs is 1. The Bertz CT molecular complexity index is 1000. The van der Waals surface area contributed by atoms with Gasteiger partial charge in [0.15, 0.2) is 0 Å². The Hall–Kier alpha value is -2.48. The molecule has 3 aromatic rings. The van der Waals surface area contributed by atoms with E-state index in [0.717, 1.165) is 41.6 Å². The molecule has 8 heteroatoms. The molecule has 0 bridgehead atoms. The predicted octanol–water partition coefficient (Wildman–Crippen LogP) is 2.63. The molecule has 1 N–H and O–H groups in total. The lowest BCUT2D eigenvalue weighted by atomic mass is 10.2. The molecule has 1 aliphatic heterocycles. The summed E-state index contributed by atoms with van der Waals surface area (Å²) in [5.41, 5.74) is 2.70. The van der Waals surface area contributed by atoms with Crippen LogP contribution >= 0.6 is 11.3 Å². The molecule has 0 spiro atoms. The quantitative estimate of drug-likeness (QED) is 0.761. The molecule has 1 fully saturated rings. The minimum atomic E-state index is -0.0817. The number of anilines is 2. The number of nitrogens with zero attached hydrogens (tertiary/aromatic N) is 5. The van der Waals surface area contributed by atoms with E-state index < -0.39 is 0 Å². The first-order valence-corrected chi connectivity index (χ1v) is 9.68. The molecule has 136 valence electrons. The Morgan fingerprint density at radius 3 is 2.77 bits per heavy atom. The van der Waals surface area contributed by atoms with Crippen LogP contribution in [0, 0.1) is 13.8 Å². The molecule has 0 unspecified atom stereocenters. The van der Waals surface area contributed by atoms with Crippen LogP contribution in [0.2, 0.25) is 0 Å². The van der Waals surface area contributed by atoms with Crippen molar-refractivity contribution in [2.45, 2.75) is 33.2 Å². The van der Waals surface area contributed by atoms with E-state index >= 15 is 0 Å². The van der Waals surface area contributed by atoms with E-state index in [1.54, 1.807) is 0 Å². The fraction of sp³-hybridized carbons (Fsp3) is 0.444. The average Bonchev–Trinajstić information content (AvgIpc) is 3.28. The van der Waals surface area contributed by atoms with Crippen molar-refractivity contribution >= 4 is 33.3 Å². The van der Waals surface area contributed by atoms with Gasteiger partial charge in [0, 0.05) is 31.4 Å². The summed E-state index contributed by atoms with van der Waals surface area (Å²) >= 11 is 1.41. The highest BCUT2D eigenvalue weighted by Crippen LogP contribution is 2.25. The SMILES string of the molecule is Cc1nc(N2CCCC2)nc(N(C)Cc2nc3ccsc3c(=O)[nH]2)c1C. The predicted molar refractivity (Wildman–Crippen MR) is 105 cm³/mol. The van der Waals surface area contributed by atoms with Crippen LogP contribution in [0.3, 0.4) is 0 Å². The van der Waals surface area contributed by atoms with E-state index in [0.29, 0.717) is 17.1 Å². The molecule has 3 aromatic heterocycles. The van der Waals surface area contributed by atoms with Crippen molar-refractivity contribution in [1.82, 2.24) is 19.9 Å². The minimum absolute atomic E-state index is 0.0817. The van der Waals surface area contributed by atoms with Crippen molar-refractivity contribution in [2.75, 3.05) is 29.9 Å². The molecule has 4 heterocycles. The van der Waals surface area contributed by atoms with Crippen LogP contribution in [-0.2, 0) is 6.54 Å². The zero-order valence-electron chi connectivity index (χ0n) is 15.2. The average molecular weight is 370 g/mol. The Labute approximate surface area is 155 Å². The fourth-order valence-electron chi connectivity index (χ4n) is 3.33. The number of aryl methyl sites for hydroxylation is 1. The maximum Gasteiger partial charge on any atom is 0.268 e. The number of thiophene rings is 1. The van der Waals surface area contributed by atoms with Gasteiger partial charge < -0.3 is 14.8 Å². The Balaban J connectivity index is 1.66. The summed E-state index contributed by atoms with van der Waals surface area (Å²) in [4.78, 5) is 33.4. The maximum atomic E-state index is 12.2. The van der Waals surface area contributed by atoms with Gasteiger partial charge in [-0.1, -0.05) is 0 Å². The number of aromatic amines is 1. The van der Waals surface area contributed by atoms with E-state index in [1.807, 2.05) is 37.2 Å². The molecular weight excluding hydrogens is 348 g/mol. The summed E-state index contributed by atoms with van der Waals surface area (Å²) in [5.74, 6) is 2.32. The van der Waals surface area contributed by atoms with Crippen LogP contribution in [-0.4, -0.2) is 40.1 Å². The van der Waals surface area contributed by atoms with Gasteiger partial charge in [0.05, 0.1) is 12.1 Å². The molecule has 1 aliphatic rings. The molecule has 7 nitrogen and oxygen atoms in total. The van der Waals surface area contributed by atoms with Crippen molar-refractivity contribution in [2.24, 2.45) is 0 Å². The molecule has 0 atom stereocenters. The summed E-state index contributed by atoms with van der Waals surface area (Å²) in [6.07, 6.45) is 2.38. The van der Waals surface area contributed by atoms with Gasteiger partial charge >= 0.3 is 0 Å². The highest BCUT2D eigenvalue weighted by Gasteiger charge is 2.19. The second-order valence-corrected chi connectivity index (χ2v) is 7.67. The monoisotopic (exact) mass is 370 g/mol. The van der Waals surface area contributed by atoms with E-state index in [1.165, 1.54) is 24.2 Å². The molecular formula is C18H22N6OS. The first-order chi connectivity index (χ1) is 12.5. The number of H-pyrrole nitrogens is 1. The van der Waals surface area contributed by atoms with Crippen molar-refractivity contribution in [3.63, 3.8) is 0 Å². The Morgan fingerprint density at radius 1 is 1.23 bits per heavy atom. The molecule has 1 saturated heterocycles. The highest BCUT2D eigenvalue weighted by molar-refractivity contribution is 7.17. The maximum absolute atomic E-state index is 12.2. The van der Waals surface area contributed by atoms with Gasteiger partial charge in [-0.2, -0.15) is 4.98 Å². The smallest absolute Gasteiger partial charge is 0.268 e. The minimum Gasteiger partial charge on any atom is -0.352 e. The lowest BCUT2D eigenvalue weighted by Gasteiger charge is -2.23. The Kier molecular flexibility index (Phi) is 4.36. The molecule has 4 rings (SSSR count). The topological polar surface area (TPSA) is 78.0 Å². The molecule has 26 heavy (non-hydrogen) atoms. The van der Waals surface area contributed by atoms with Crippen LogP contribution in [0.25, 0.3) is 10.2 Å². The number of hydrogen-bond acceptors (Lipinski definition) is 7. The van der Waals surface area contributed by atoms with Crippen molar-refractivity contribution in [3.8, 4) is 0 Å². The molecule has 0 radical (unpaired) electrons. The van der Waals surface area contributed by atoms with Gasteiger partial charge in [0.2, 0.25) is 5.95 Å².